The van der Waals surface area contributed by atoms with Crippen LogP contribution in [0, 0.1) is 5.82 Å². The minimum atomic E-state index is -0.343. The lowest BCUT2D eigenvalue weighted by Gasteiger charge is -2.05. The van der Waals surface area contributed by atoms with E-state index in [1.807, 2.05) is 0 Å². The summed E-state index contributed by atoms with van der Waals surface area (Å²) in [4.78, 5) is 0. The highest BCUT2D eigenvalue weighted by Gasteiger charge is 2.02. The summed E-state index contributed by atoms with van der Waals surface area (Å²) in [6, 6.07) is 4.13. The van der Waals surface area contributed by atoms with Gasteiger partial charge in [-0.3, -0.25) is 0 Å². The first-order valence-corrected chi connectivity index (χ1v) is 3.69. The van der Waals surface area contributed by atoms with Crippen molar-refractivity contribution in [2.45, 2.75) is 13.0 Å². The molecule has 1 atom stereocenters. The van der Waals surface area contributed by atoms with Crippen LogP contribution >= 0.6 is 24.0 Å². The molecule has 0 aliphatic rings. The maximum absolute atomic E-state index is 12.6. The summed E-state index contributed by atoms with van der Waals surface area (Å²) in [5.41, 5.74) is 6.24. The molecule has 68 valence electrons. The van der Waals surface area contributed by atoms with Crippen LogP contribution in [-0.4, -0.2) is 0 Å². The number of hydrogen-bond donors (Lipinski definition) is 1. The van der Waals surface area contributed by atoms with Crippen LogP contribution in [0.5, 0.6) is 0 Å². The number of benzene rings is 1. The molecule has 2 N–H and O–H groups in total. The minimum absolute atomic E-state index is 0. The first-order valence-electron chi connectivity index (χ1n) is 3.31. The Morgan fingerprint density at radius 1 is 1.42 bits per heavy atom. The standard InChI is InChI=1S/C8H9ClFN.ClH/c1-5(11)6-2-7(9)4-8(10)3-6;/h2-5H,11H2,1H3;1H/t5-;/m1./s1. The molecule has 1 aromatic rings. The zero-order chi connectivity index (χ0) is 8.43. The average Bonchev–Trinajstić information content (AvgIpc) is 1.85. The van der Waals surface area contributed by atoms with Crippen molar-refractivity contribution in [3.05, 3.63) is 34.6 Å². The van der Waals surface area contributed by atoms with E-state index in [1.165, 1.54) is 12.1 Å². The van der Waals surface area contributed by atoms with Crippen molar-refractivity contribution in [3.8, 4) is 0 Å². The van der Waals surface area contributed by atoms with E-state index in [2.05, 4.69) is 0 Å². The Bertz CT molecular complexity index is 243. The fourth-order valence-corrected chi connectivity index (χ4v) is 1.07. The van der Waals surface area contributed by atoms with E-state index in [1.54, 1.807) is 13.0 Å². The van der Waals surface area contributed by atoms with E-state index in [4.69, 9.17) is 17.3 Å². The van der Waals surface area contributed by atoms with Gasteiger partial charge in [0.15, 0.2) is 0 Å². The van der Waals surface area contributed by atoms with Crippen LogP contribution < -0.4 is 5.73 Å². The quantitative estimate of drug-likeness (QED) is 0.757. The zero-order valence-electron chi connectivity index (χ0n) is 6.55. The van der Waals surface area contributed by atoms with Gasteiger partial charge in [-0.05, 0) is 30.7 Å². The van der Waals surface area contributed by atoms with Gasteiger partial charge in [0, 0.05) is 11.1 Å². The van der Waals surface area contributed by atoms with Gasteiger partial charge >= 0.3 is 0 Å². The van der Waals surface area contributed by atoms with E-state index in [-0.39, 0.29) is 24.3 Å². The Kier molecular flexibility index (Phi) is 4.53. The van der Waals surface area contributed by atoms with E-state index in [0.717, 1.165) is 5.56 Å². The van der Waals surface area contributed by atoms with Crippen LogP contribution in [-0.2, 0) is 0 Å². The SMILES string of the molecule is C[C@@H](N)c1cc(F)cc(Cl)c1.Cl. The Labute approximate surface area is 82.1 Å². The van der Waals surface area contributed by atoms with Crippen LogP contribution in [0.4, 0.5) is 4.39 Å². The molecule has 0 unspecified atom stereocenters. The molecule has 4 heteroatoms. The van der Waals surface area contributed by atoms with Gasteiger partial charge in [-0.1, -0.05) is 11.6 Å². The van der Waals surface area contributed by atoms with Gasteiger partial charge in [-0.2, -0.15) is 0 Å². The highest BCUT2D eigenvalue weighted by Crippen LogP contribution is 2.17. The van der Waals surface area contributed by atoms with Crippen molar-refractivity contribution in [2.75, 3.05) is 0 Å². The molecular weight excluding hydrogens is 200 g/mol. The third kappa shape index (κ3) is 2.97. The number of rotatable bonds is 1. The second-order valence-electron chi connectivity index (χ2n) is 2.49. The highest BCUT2D eigenvalue weighted by atomic mass is 35.5. The van der Waals surface area contributed by atoms with Gasteiger partial charge in [0.2, 0.25) is 0 Å². The first kappa shape index (κ1) is 11.7. The minimum Gasteiger partial charge on any atom is -0.324 e. The summed E-state index contributed by atoms with van der Waals surface area (Å²) >= 11 is 5.60. The van der Waals surface area contributed by atoms with Gasteiger partial charge in [-0.25, -0.2) is 4.39 Å². The summed E-state index contributed by atoms with van der Waals surface area (Å²) in [7, 11) is 0. The van der Waals surface area contributed by atoms with Crippen molar-refractivity contribution in [1.29, 1.82) is 0 Å². The third-order valence-corrected chi connectivity index (χ3v) is 1.63. The Hall–Kier alpha value is -0.310. The van der Waals surface area contributed by atoms with Crippen LogP contribution in [0.2, 0.25) is 5.02 Å². The molecule has 0 aromatic heterocycles. The maximum atomic E-state index is 12.6. The van der Waals surface area contributed by atoms with Crippen LogP contribution in [0.3, 0.4) is 0 Å². The zero-order valence-corrected chi connectivity index (χ0v) is 8.12. The molecule has 0 aliphatic heterocycles. The molecule has 12 heavy (non-hydrogen) atoms. The lowest BCUT2D eigenvalue weighted by Crippen LogP contribution is -2.04. The van der Waals surface area contributed by atoms with E-state index in [9.17, 15) is 4.39 Å². The molecule has 1 rings (SSSR count). The van der Waals surface area contributed by atoms with Crippen LogP contribution in [0.1, 0.15) is 18.5 Å². The first-order chi connectivity index (χ1) is 5.09. The molecule has 0 fully saturated rings. The number of halogens is 3. The normalized spacial score (nSPS) is 12.0. The molecule has 0 amide bonds. The second-order valence-corrected chi connectivity index (χ2v) is 2.93. The average molecular weight is 210 g/mol. The molecule has 0 saturated heterocycles. The summed E-state index contributed by atoms with van der Waals surface area (Å²) < 4.78 is 12.6. The molecule has 0 aliphatic carbocycles. The second kappa shape index (κ2) is 4.65. The summed E-state index contributed by atoms with van der Waals surface area (Å²) in [5.74, 6) is -0.343. The summed E-state index contributed by atoms with van der Waals surface area (Å²) in [6.45, 7) is 1.78. The molecule has 1 nitrogen and oxygen atoms in total. The van der Waals surface area contributed by atoms with Crippen LogP contribution in [0.25, 0.3) is 0 Å². The maximum Gasteiger partial charge on any atom is 0.125 e. The van der Waals surface area contributed by atoms with Crippen molar-refractivity contribution in [2.24, 2.45) is 5.73 Å². The number of hydrogen-bond acceptors (Lipinski definition) is 1. The fraction of sp³-hybridized carbons (Fsp3) is 0.250. The topological polar surface area (TPSA) is 26.0 Å². The molecule has 0 bridgehead atoms. The smallest absolute Gasteiger partial charge is 0.125 e. The van der Waals surface area contributed by atoms with Crippen molar-refractivity contribution in [3.63, 3.8) is 0 Å². The lowest BCUT2D eigenvalue weighted by atomic mass is 10.1. The Morgan fingerprint density at radius 3 is 2.42 bits per heavy atom. The molecular formula is C8H10Cl2FN. The third-order valence-electron chi connectivity index (χ3n) is 1.41. The van der Waals surface area contributed by atoms with Crippen molar-refractivity contribution in [1.82, 2.24) is 0 Å². The lowest BCUT2D eigenvalue weighted by molar-refractivity contribution is 0.622. The predicted molar refractivity (Wildman–Crippen MR) is 51.3 cm³/mol. The van der Waals surface area contributed by atoms with E-state index in [0.29, 0.717) is 5.02 Å². The predicted octanol–water partition coefficient (Wildman–Crippen LogP) is 2.92. The molecule has 1 aromatic carbocycles. The Morgan fingerprint density at radius 2 is 2.00 bits per heavy atom. The van der Waals surface area contributed by atoms with Crippen molar-refractivity contribution >= 4 is 24.0 Å². The largest absolute Gasteiger partial charge is 0.324 e. The van der Waals surface area contributed by atoms with E-state index < -0.39 is 0 Å². The van der Waals surface area contributed by atoms with Gasteiger partial charge in [0.25, 0.3) is 0 Å². The molecule has 0 radical (unpaired) electrons. The molecule has 0 saturated carbocycles. The monoisotopic (exact) mass is 209 g/mol. The van der Waals surface area contributed by atoms with Gasteiger partial charge in [0.05, 0.1) is 0 Å². The Balaban J connectivity index is 0.00000121. The summed E-state index contributed by atoms with van der Waals surface area (Å²) in [6.07, 6.45) is 0. The summed E-state index contributed by atoms with van der Waals surface area (Å²) in [5, 5.41) is 0.386. The van der Waals surface area contributed by atoms with Crippen LogP contribution in [0.15, 0.2) is 18.2 Å². The van der Waals surface area contributed by atoms with Gasteiger partial charge in [-0.15, -0.1) is 12.4 Å². The fourth-order valence-electron chi connectivity index (χ4n) is 0.838. The van der Waals surface area contributed by atoms with E-state index >= 15 is 0 Å². The van der Waals surface area contributed by atoms with Crippen molar-refractivity contribution < 1.29 is 4.39 Å². The molecule has 0 heterocycles. The van der Waals surface area contributed by atoms with Gasteiger partial charge in [0.1, 0.15) is 5.82 Å². The molecule has 0 spiro atoms. The van der Waals surface area contributed by atoms with Gasteiger partial charge < -0.3 is 5.73 Å². The number of nitrogens with two attached hydrogens (primary N) is 1. The highest BCUT2D eigenvalue weighted by molar-refractivity contribution is 6.30.